The van der Waals surface area contributed by atoms with Gasteiger partial charge in [0, 0.05) is 21.5 Å². The molecule has 1 atom stereocenters. The molecular weight excluding hydrogens is 446 g/mol. The highest BCUT2D eigenvalue weighted by Gasteiger charge is 2.25. The fourth-order valence-corrected chi connectivity index (χ4v) is 5.14. The lowest BCUT2D eigenvalue weighted by molar-refractivity contribution is 0.0989. The number of ketones is 1. The first-order chi connectivity index (χ1) is 16.2. The number of thioether (sulfide) groups is 1. The minimum absolute atomic E-state index is 0.0267. The van der Waals surface area contributed by atoms with Crippen molar-refractivity contribution < 1.29 is 4.79 Å². The predicted molar refractivity (Wildman–Crippen MR) is 138 cm³/mol. The predicted octanol–water partition coefficient (Wildman–Crippen LogP) is 8.27. The number of Topliss-reactive ketones (excluding diaryl/α,β-unsaturated/α-hetero) is 1. The van der Waals surface area contributed by atoms with Crippen molar-refractivity contribution in [1.82, 2.24) is 4.98 Å². The Hall–Kier alpha value is -3.40. The van der Waals surface area contributed by atoms with Gasteiger partial charge in [-0.3, -0.25) is 4.79 Å². The highest BCUT2D eigenvalue weighted by Crippen LogP contribution is 2.41. The van der Waals surface area contributed by atoms with E-state index >= 15 is 0 Å². The second-order valence-corrected chi connectivity index (χ2v) is 9.21. The number of aromatic nitrogens is 1. The molecule has 4 aromatic carbocycles. The molecule has 0 spiro atoms. The van der Waals surface area contributed by atoms with E-state index in [0.717, 1.165) is 32.6 Å². The lowest BCUT2D eigenvalue weighted by atomic mass is 10.0. The van der Waals surface area contributed by atoms with Crippen LogP contribution < -0.4 is 0 Å². The smallest absolute Gasteiger partial charge is 0.180 e. The van der Waals surface area contributed by atoms with Crippen LogP contribution in [0.4, 0.5) is 0 Å². The van der Waals surface area contributed by atoms with Crippen LogP contribution in [0.15, 0.2) is 120 Å². The van der Waals surface area contributed by atoms with Gasteiger partial charge in [-0.2, -0.15) is 0 Å². The molecule has 1 aromatic heterocycles. The van der Waals surface area contributed by atoms with Gasteiger partial charge in [0.15, 0.2) is 5.78 Å². The van der Waals surface area contributed by atoms with Gasteiger partial charge in [-0.15, -0.1) is 0 Å². The van der Waals surface area contributed by atoms with Gasteiger partial charge >= 0.3 is 0 Å². The van der Waals surface area contributed by atoms with Crippen LogP contribution in [-0.2, 0) is 0 Å². The number of benzene rings is 4. The largest absolute Gasteiger partial charge is 0.293 e. The summed E-state index contributed by atoms with van der Waals surface area (Å²) in [7, 11) is 0. The van der Waals surface area contributed by atoms with Crippen LogP contribution in [0.1, 0.15) is 21.2 Å². The minimum atomic E-state index is -0.436. The molecule has 0 aliphatic rings. The second kappa shape index (κ2) is 9.62. The van der Waals surface area contributed by atoms with Gasteiger partial charge in [0.2, 0.25) is 0 Å². The van der Waals surface area contributed by atoms with Crippen molar-refractivity contribution in [3.8, 4) is 11.3 Å². The Morgan fingerprint density at radius 3 is 2.12 bits per heavy atom. The van der Waals surface area contributed by atoms with Crippen molar-refractivity contribution in [2.24, 2.45) is 0 Å². The van der Waals surface area contributed by atoms with E-state index in [1.807, 2.05) is 60.7 Å². The fourth-order valence-electron chi connectivity index (χ4n) is 3.79. The number of nitrogens with zero attached hydrogens (tertiary/aromatic N) is 1. The van der Waals surface area contributed by atoms with E-state index in [9.17, 15) is 4.79 Å². The molecule has 160 valence electrons. The molecule has 1 heterocycles. The van der Waals surface area contributed by atoms with Crippen LogP contribution in [0.5, 0.6) is 0 Å². The number of fused-ring (bicyclic) bond motifs is 1. The maximum Gasteiger partial charge on any atom is 0.180 e. The molecule has 33 heavy (non-hydrogen) atoms. The van der Waals surface area contributed by atoms with Crippen molar-refractivity contribution in [2.45, 2.75) is 10.3 Å². The molecule has 0 bridgehead atoms. The number of hydrogen-bond donors (Lipinski definition) is 0. The SMILES string of the molecule is O=C(c1ccc(Cl)cc1)[C@H](Sc1nc(-c2ccccc2)cc2ccccc12)c1ccccc1. The van der Waals surface area contributed by atoms with Crippen LogP contribution in [0.3, 0.4) is 0 Å². The average molecular weight is 466 g/mol. The molecule has 0 N–H and O–H groups in total. The second-order valence-electron chi connectivity index (χ2n) is 7.68. The van der Waals surface area contributed by atoms with Gasteiger partial charge in [0.05, 0.1) is 10.9 Å². The zero-order valence-corrected chi connectivity index (χ0v) is 19.3. The van der Waals surface area contributed by atoms with Crippen LogP contribution in [0.25, 0.3) is 22.0 Å². The summed E-state index contributed by atoms with van der Waals surface area (Å²) >= 11 is 7.55. The zero-order chi connectivity index (χ0) is 22.6. The third kappa shape index (κ3) is 4.70. The van der Waals surface area contributed by atoms with E-state index < -0.39 is 5.25 Å². The van der Waals surface area contributed by atoms with Crippen LogP contribution in [-0.4, -0.2) is 10.8 Å². The summed E-state index contributed by atoms with van der Waals surface area (Å²) in [5.41, 5.74) is 3.51. The molecule has 0 saturated carbocycles. The van der Waals surface area contributed by atoms with E-state index in [2.05, 4.69) is 30.3 Å². The van der Waals surface area contributed by atoms with Crippen molar-refractivity contribution in [1.29, 1.82) is 0 Å². The fraction of sp³-hybridized carbons (Fsp3) is 0.0345. The Bertz CT molecular complexity index is 1400. The van der Waals surface area contributed by atoms with Crippen molar-refractivity contribution >= 4 is 39.9 Å². The van der Waals surface area contributed by atoms with Crippen LogP contribution >= 0.6 is 23.4 Å². The summed E-state index contributed by atoms with van der Waals surface area (Å²) in [6.07, 6.45) is 0. The lowest BCUT2D eigenvalue weighted by Gasteiger charge is -2.18. The van der Waals surface area contributed by atoms with E-state index in [4.69, 9.17) is 16.6 Å². The molecule has 0 radical (unpaired) electrons. The number of carbonyl (C=O) groups is 1. The molecule has 0 saturated heterocycles. The van der Waals surface area contributed by atoms with E-state index in [1.165, 1.54) is 11.8 Å². The van der Waals surface area contributed by atoms with Crippen LogP contribution in [0, 0.1) is 0 Å². The summed E-state index contributed by atoms with van der Waals surface area (Å²) in [5, 5.41) is 3.14. The molecule has 0 aliphatic heterocycles. The molecule has 4 heteroatoms. The Labute approximate surface area is 202 Å². The van der Waals surface area contributed by atoms with Crippen molar-refractivity contribution in [2.75, 3.05) is 0 Å². The number of hydrogen-bond acceptors (Lipinski definition) is 3. The number of carbonyl (C=O) groups excluding carboxylic acids is 1. The molecule has 5 aromatic rings. The Morgan fingerprint density at radius 2 is 1.39 bits per heavy atom. The van der Waals surface area contributed by atoms with E-state index in [0.29, 0.717) is 10.6 Å². The standard InChI is InChI=1S/C29H20ClNOS/c30-24-17-15-21(16-18-24)27(32)28(22-11-5-2-6-12-22)33-29-25-14-8-7-13-23(25)19-26(31-29)20-9-3-1-4-10-20/h1-19,28H/t28-/m1/s1. The van der Waals surface area contributed by atoms with Gasteiger partial charge in [-0.1, -0.05) is 108 Å². The number of halogens is 1. The Morgan fingerprint density at radius 1 is 0.758 bits per heavy atom. The third-order valence-corrected chi connectivity index (χ3v) is 6.98. The quantitative estimate of drug-likeness (QED) is 0.187. The summed E-state index contributed by atoms with van der Waals surface area (Å²) in [4.78, 5) is 18.7. The summed E-state index contributed by atoms with van der Waals surface area (Å²) in [5.74, 6) is 0.0267. The van der Waals surface area contributed by atoms with E-state index in [1.54, 1.807) is 24.3 Å². The third-order valence-electron chi connectivity index (χ3n) is 5.47. The highest BCUT2D eigenvalue weighted by molar-refractivity contribution is 8.00. The van der Waals surface area contributed by atoms with Crippen LogP contribution in [0.2, 0.25) is 5.02 Å². The monoisotopic (exact) mass is 465 g/mol. The summed E-state index contributed by atoms with van der Waals surface area (Å²) in [6.45, 7) is 0. The lowest BCUT2D eigenvalue weighted by Crippen LogP contribution is -2.10. The maximum absolute atomic E-state index is 13.7. The number of pyridine rings is 1. The maximum atomic E-state index is 13.7. The van der Waals surface area contributed by atoms with Crippen molar-refractivity contribution in [3.63, 3.8) is 0 Å². The van der Waals surface area contributed by atoms with Gasteiger partial charge < -0.3 is 0 Å². The molecule has 0 fully saturated rings. The molecule has 0 amide bonds. The summed E-state index contributed by atoms with van der Waals surface area (Å²) in [6, 6.07) is 37.4. The Kier molecular flexibility index (Phi) is 6.25. The van der Waals surface area contributed by atoms with Gasteiger partial charge in [-0.05, 0) is 41.3 Å². The summed E-state index contributed by atoms with van der Waals surface area (Å²) < 4.78 is 0. The van der Waals surface area contributed by atoms with Gasteiger partial charge in [0.1, 0.15) is 5.03 Å². The van der Waals surface area contributed by atoms with Crippen molar-refractivity contribution in [3.05, 3.63) is 131 Å². The number of rotatable bonds is 6. The molecule has 0 aliphatic carbocycles. The molecule has 2 nitrogen and oxygen atoms in total. The first-order valence-electron chi connectivity index (χ1n) is 10.7. The van der Waals surface area contributed by atoms with Gasteiger partial charge in [-0.25, -0.2) is 4.98 Å². The molecule has 0 unspecified atom stereocenters. The molecule has 5 rings (SSSR count). The topological polar surface area (TPSA) is 30.0 Å². The normalized spacial score (nSPS) is 11.9. The minimum Gasteiger partial charge on any atom is -0.293 e. The first kappa shape index (κ1) is 21.4. The first-order valence-corrected chi connectivity index (χ1v) is 11.9. The highest BCUT2D eigenvalue weighted by atomic mass is 35.5. The van der Waals surface area contributed by atoms with E-state index in [-0.39, 0.29) is 5.78 Å². The van der Waals surface area contributed by atoms with Gasteiger partial charge in [0.25, 0.3) is 0 Å². The molecular formula is C29H20ClNOS. The zero-order valence-electron chi connectivity index (χ0n) is 17.7. The Balaban J connectivity index is 1.62. The average Bonchev–Trinajstić information content (AvgIpc) is 2.88.